The second-order valence-corrected chi connectivity index (χ2v) is 5.24. The van der Waals surface area contributed by atoms with E-state index in [0.29, 0.717) is 19.1 Å². The summed E-state index contributed by atoms with van der Waals surface area (Å²) < 4.78 is 0. The fourth-order valence-corrected chi connectivity index (χ4v) is 2.27. The Hall–Kier alpha value is -0.970. The maximum absolute atomic E-state index is 10.2. The molecule has 0 saturated carbocycles. The molecule has 1 aliphatic rings. The summed E-state index contributed by atoms with van der Waals surface area (Å²) in [5, 5.41) is 13.5. The maximum Gasteiger partial charge on any atom is 0.0869 e. The zero-order valence-corrected chi connectivity index (χ0v) is 10.6. The molecule has 1 fully saturated rings. The van der Waals surface area contributed by atoms with Crippen molar-refractivity contribution in [3.05, 3.63) is 30.1 Å². The molecule has 17 heavy (non-hydrogen) atoms. The molecule has 1 aromatic heterocycles. The van der Waals surface area contributed by atoms with E-state index < -0.39 is 5.60 Å². The zero-order valence-electron chi connectivity index (χ0n) is 10.6. The Morgan fingerprint density at radius 3 is 3.18 bits per heavy atom. The summed E-state index contributed by atoms with van der Waals surface area (Å²) in [6.07, 6.45) is 3.67. The van der Waals surface area contributed by atoms with Gasteiger partial charge in [-0.25, -0.2) is 0 Å². The summed E-state index contributed by atoms with van der Waals surface area (Å²) in [6, 6.07) is 4.45. The van der Waals surface area contributed by atoms with Crippen LogP contribution in [0.15, 0.2) is 24.5 Å². The van der Waals surface area contributed by atoms with E-state index in [1.54, 1.807) is 6.20 Å². The highest BCUT2D eigenvalue weighted by Gasteiger charge is 2.29. The van der Waals surface area contributed by atoms with E-state index in [1.165, 1.54) is 5.56 Å². The van der Waals surface area contributed by atoms with E-state index >= 15 is 0 Å². The van der Waals surface area contributed by atoms with Crippen molar-refractivity contribution in [3.63, 3.8) is 0 Å². The zero-order chi connectivity index (χ0) is 12.3. The predicted molar refractivity (Wildman–Crippen MR) is 67.6 cm³/mol. The van der Waals surface area contributed by atoms with Crippen molar-refractivity contribution in [1.29, 1.82) is 0 Å². The van der Waals surface area contributed by atoms with Crippen molar-refractivity contribution in [3.8, 4) is 0 Å². The van der Waals surface area contributed by atoms with Gasteiger partial charge in [-0.3, -0.25) is 9.88 Å². The first kappa shape index (κ1) is 12.5. The largest absolute Gasteiger partial charge is 0.388 e. The molecule has 1 aromatic rings. The van der Waals surface area contributed by atoms with Gasteiger partial charge in [-0.05, 0) is 25.5 Å². The molecule has 0 aromatic carbocycles. The maximum atomic E-state index is 10.2. The van der Waals surface area contributed by atoms with E-state index in [1.807, 2.05) is 19.2 Å². The molecule has 94 valence electrons. The fourth-order valence-electron chi connectivity index (χ4n) is 2.27. The van der Waals surface area contributed by atoms with Crippen LogP contribution in [0.25, 0.3) is 0 Å². The molecule has 1 aliphatic heterocycles. The van der Waals surface area contributed by atoms with Crippen LogP contribution in [-0.2, 0) is 6.54 Å². The van der Waals surface area contributed by atoms with Crippen LogP contribution < -0.4 is 5.32 Å². The quantitative estimate of drug-likeness (QED) is 0.789. The summed E-state index contributed by atoms with van der Waals surface area (Å²) in [6.45, 7) is 7.17. The number of β-amino-alcohol motifs (C(OH)–C–C–N with tert-alkyl or cyclic N) is 1. The summed E-state index contributed by atoms with van der Waals surface area (Å²) in [7, 11) is 0. The Kier molecular flexibility index (Phi) is 3.76. The van der Waals surface area contributed by atoms with Crippen LogP contribution >= 0.6 is 0 Å². The third-order valence-electron chi connectivity index (χ3n) is 3.22. The predicted octanol–water partition coefficient (Wildman–Crippen LogP) is 0.626. The lowest BCUT2D eigenvalue weighted by Crippen LogP contribution is -2.44. The van der Waals surface area contributed by atoms with Crippen molar-refractivity contribution in [2.75, 3.05) is 19.6 Å². The second kappa shape index (κ2) is 5.12. The molecule has 2 N–H and O–H groups in total. The molecule has 0 bridgehead atoms. The molecular formula is C13H21N3O. The summed E-state index contributed by atoms with van der Waals surface area (Å²) in [5.41, 5.74) is 0.532. The smallest absolute Gasteiger partial charge is 0.0869 e. The number of aliphatic hydroxyl groups is 1. The van der Waals surface area contributed by atoms with E-state index in [9.17, 15) is 5.11 Å². The van der Waals surface area contributed by atoms with Crippen LogP contribution in [0.5, 0.6) is 0 Å². The number of aromatic nitrogens is 1. The first-order valence-corrected chi connectivity index (χ1v) is 6.13. The van der Waals surface area contributed by atoms with E-state index in [0.717, 1.165) is 13.1 Å². The first-order chi connectivity index (χ1) is 8.07. The number of nitrogens with zero attached hydrogens (tertiary/aromatic N) is 2. The summed E-state index contributed by atoms with van der Waals surface area (Å²) in [4.78, 5) is 6.43. The Morgan fingerprint density at radius 2 is 2.47 bits per heavy atom. The Bertz CT molecular complexity index is 353. The van der Waals surface area contributed by atoms with E-state index in [-0.39, 0.29) is 0 Å². The van der Waals surface area contributed by atoms with E-state index in [4.69, 9.17) is 0 Å². The molecule has 2 heterocycles. The SMILES string of the molecule is CC1CNCC(C)(O)CN1Cc1cccnc1. The molecular weight excluding hydrogens is 214 g/mol. The van der Waals surface area contributed by atoms with Gasteiger partial charge in [0.1, 0.15) is 0 Å². The number of pyridine rings is 1. The molecule has 4 heteroatoms. The average Bonchev–Trinajstić information content (AvgIpc) is 2.40. The average molecular weight is 235 g/mol. The van der Waals surface area contributed by atoms with Crippen molar-refractivity contribution < 1.29 is 5.11 Å². The van der Waals surface area contributed by atoms with Gasteiger partial charge in [-0.2, -0.15) is 0 Å². The molecule has 0 amide bonds. The van der Waals surface area contributed by atoms with E-state index in [2.05, 4.69) is 28.2 Å². The van der Waals surface area contributed by atoms with Crippen molar-refractivity contribution in [2.45, 2.75) is 32.0 Å². The number of nitrogens with one attached hydrogen (secondary N) is 1. The molecule has 2 atom stereocenters. The molecule has 4 nitrogen and oxygen atoms in total. The molecule has 2 unspecified atom stereocenters. The second-order valence-electron chi connectivity index (χ2n) is 5.24. The Balaban J connectivity index is 2.07. The van der Waals surface area contributed by atoms with Gasteiger partial charge >= 0.3 is 0 Å². The minimum absolute atomic E-state index is 0.421. The molecule has 0 aliphatic carbocycles. The summed E-state index contributed by atoms with van der Waals surface area (Å²) in [5.74, 6) is 0. The number of hydrogen-bond acceptors (Lipinski definition) is 4. The van der Waals surface area contributed by atoms with Gasteiger partial charge < -0.3 is 10.4 Å². The number of hydrogen-bond donors (Lipinski definition) is 2. The van der Waals surface area contributed by atoms with Gasteiger partial charge in [-0.15, -0.1) is 0 Å². The molecule has 0 spiro atoms. The molecule has 2 rings (SSSR count). The third-order valence-corrected chi connectivity index (χ3v) is 3.22. The van der Waals surface area contributed by atoms with Crippen LogP contribution in [0, 0.1) is 0 Å². The minimum atomic E-state index is -0.660. The molecule has 1 saturated heterocycles. The molecule has 0 radical (unpaired) electrons. The Labute approximate surface area is 103 Å². The minimum Gasteiger partial charge on any atom is -0.388 e. The number of rotatable bonds is 2. The van der Waals surface area contributed by atoms with Gasteiger partial charge in [0.2, 0.25) is 0 Å². The van der Waals surface area contributed by atoms with Gasteiger partial charge in [0.15, 0.2) is 0 Å². The lowest BCUT2D eigenvalue weighted by molar-refractivity contribution is 0.0238. The van der Waals surface area contributed by atoms with Crippen LogP contribution in [0.2, 0.25) is 0 Å². The van der Waals surface area contributed by atoms with Crippen molar-refractivity contribution >= 4 is 0 Å². The third kappa shape index (κ3) is 3.49. The van der Waals surface area contributed by atoms with Gasteiger partial charge in [-0.1, -0.05) is 6.07 Å². The lowest BCUT2D eigenvalue weighted by Gasteiger charge is -2.31. The summed E-state index contributed by atoms with van der Waals surface area (Å²) >= 11 is 0. The highest BCUT2D eigenvalue weighted by atomic mass is 16.3. The Morgan fingerprint density at radius 1 is 1.65 bits per heavy atom. The monoisotopic (exact) mass is 235 g/mol. The highest BCUT2D eigenvalue weighted by molar-refractivity contribution is 5.09. The van der Waals surface area contributed by atoms with Crippen molar-refractivity contribution in [2.24, 2.45) is 0 Å². The van der Waals surface area contributed by atoms with Crippen LogP contribution in [0.3, 0.4) is 0 Å². The van der Waals surface area contributed by atoms with Gasteiger partial charge in [0.05, 0.1) is 5.60 Å². The standard InChI is InChI=1S/C13H21N3O/c1-11-6-15-9-13(2,17)10-16(11)8-12-4-3-5-14-7-12/h3-5,7,11,15,17H,6,8-10H2,1-2H3. The van der Waals surface area contributed by atoms with Crippen molar-refractivity contribution in [1.82, 2.24) is 15.2 Å². The topological polar surface area (TPSA) is 48.4 Å². The fraction of sp³-hybridized carbons (Fsp3) is 0.615. The van der Waals surface area contributed by atoms with Crippen LogP contribution in [0.4, 0.5) is 0 Å². The highest BCUT2D eigenvalue weighted by Crippen LogP contribution is 2.15. The van der Waals surface area contributed by atoms with Gasteiger partial charge in [0.25, 0.3) is 0 Å². The lowest BCUT2D eigenvalue weighted by atomic mass is 10.1. The van der Waals surface area contributed by atoms with Gasteiger partial charge in [0, 0.05) is 44.6 Å². The van der Waals surface area contributed by atoms with Crippen LogP contribution in [0.1, 0.15) is 19.4 Å². The first-order valence-electron chi connectivity index (χ1n) is 6.13. The van der Waals surface area contributed by atoms with Crippen LogP contribution in [-0.4, -0.2) is 46.3 Å². The normalized spacial score (nSPS) is 31.1.